The van der Waals surface area contributed by atoms with E-state index in [-0.39, 0.29) is 24.1 Å². The zero-order valence-electron chi connectivity index (χ0n) is 26.8. The molecule has 46 heavy (non-hydrogen) atoms. The topological polar surface area (TPSA) is 138 Å². The van der Waals surface area contributed by atoms with Crippen molar-refractivity contribution in [2.24, 2.45) is 5.73 Å². The summed E-state index contributed by atoms with van der Waals surface area (Å²) in [4.78, 5) is 44.2. The van der Waals surface area contributed by atoms with Crippen LogP contribution in [0, 0.1) is 0 Å². The van der Waals surface area contributed by atoms with Gasteiger partial charge in [0.15, 0.2) is 5.82 Å². The van der Waals surface area contributed by atoms with E-state index in [1.165, 1.54) is 10.8 Å². The number of ether oxygens (including phenoxy) is 3. The third-order valence-corrected chi connectivity index (χ3v) is 7.16. The highest BCUT2D eigenvalue weighted by molar-refractivity contribution is 6.30. The third-order valence-electron chi connectivity index (χ3n) is 6.63. The van der Waals surface area contributed by atoms with Crippen LogP contribution in [0.4, 0.5) is 5.82 Å². The van der Waals surface area contributed by atoms with Crippen LogP contribution in [0.1, 0.15) is 57.7 Å². The van der Waals surface area contributed by atoms with E-state index in [1.807, 2.05) is 35.2 Å². The minimum atomic E-state index is -1.03. The van der Waals surface area contributed by atoms with E-state index in [0.717, 1.165) is 18.4 Å². The number of carbonyl (C=O) groups excluding carboxylic acids is 2. The van der Waals surface area contributed by atoms with Gasteiger partial charge in [-0.05, 0) is 70.8 Å². The standard InChI is InChI=1S/C33H43Cl2N5O6/c1-5-44-28(41)22-40-27(35)20-38-30(31(40)42)39(21-23-11-7-6-8-12-23)17-16-37-15-9-10-18-45-26-14-13-24(34)19-25(26)29(36)32(43)46-33(2,3)4/h6-8,11-14,19-20,29,37H,5,9-10,15-18,21-22,36H2,1-4H3/t29-/m0/s1. The first-order valence-corrected chi connectivity index (χ1v) is 16.0. The van der Waals surface area contributed by atoms with Crippen LogP contribution in [-0.2, 0) is 32.2 Å². The minimum Gasteiger partial charge on any atom is -0.493 e. The number of rotatable bonds is 17. The van der Waals surface area contributed by atoms with Crippen molar-refractivity contribution in [3.05, 3.63) is 86.4 Å². The molecule has 3 aromatic rings. The molecule has 0 aliphatic rings. The van der Waals surface area contributed by atoms with E-state index in [9.17, 15) is 14.4 Å². The lowest BCUT2D eigenvalue weighted by Gasteiger charge is -2.24. The lowest BCUT2D eigenvalue weighted by molar-refractivity contribution is -0.156. The molecule has 13 heteroatoms. The van der Waals surface area contributed by atoms with Crippen molar-refractivity contribution in [1.82, 2.24) is 14.9 Å². The Morgan fingerprint density at radius 2 is 1.83 bits per heavy atom. The molecule has 0 bridgehead atoms. The normalized spacial score (nSPS) is 12.0. The summed E-state index contributed by atoms with van der Waals surface area (Å²) in [7, 11) is 0. The van der Waals surface area contributed by atoms with Gasteiger partial charge in [0.05, 0.1) is 19.4 Å². The monoisotopic (exact) mass is 675 g/mol. The molecule has 250 valence electrons. The van der Waals surface area contributed by atoms with Crippen LogP contribution in [0.3, 0.4) is 0 Å². The number of nitrogens with two attached hydrogens (primary N) is 1. The smallest absolute Gasteiger partial charge is 0.328 e. The Hall–Kier alpha value is -3.64. The second kappa shape index (κ2) is 17.9. The molecule has 1 atom stereocenters. The van der Waals surface area contributed by atoms with Gasteiger partial charge in [0.25, 0.3) is 5.56 Å². The van der Waals surface area contributed by atoms with Crippen LogP contribution in [0.25, 0.3) is 0 Å². The summed E-state index contributed by atoms with van der Waals surface area (Å²) in [5.74, 6) is -0.439. The Morgan fingerprint density at radius 3 is 2.52 bits per heavy atom. The maximum atomic E-state index is 13.4. The van der Waals surface area contributed by atoms with Crippen molar-refractivity contribution in [2.45, 2.75) is 65.3 Å². The van der Waals surface area contributed by atoms with Crippen molar-refractivity contribution in [2.75, 3.05) is 37.7 Å². The van der Waals surface area contributed by atoms with E-state index >= 15 is 0 Å². The number of nitrogens with one attached hydrogen (secondary N) is 1. The van der Waals surface area contributed by atoms with Gasteiger partial charge in [-0.1, -0.05) is 53.5 Å². The number of aromatic nitrogens is 2. The van der Waals surface area contributed by atoms with E-state index in [0.29, 0.717) is 49.1 Å². The fourth-order valence-corrected chi connectivity index (χ4v) is 4.85. The molecule has 0 radical (unpaired) electrons. The van der Waals surface area contributed by atoms with Gasteiger partial charge >= 0.3 is 11.9 Å². The summed E-state index contributed by atoms with van der Waals surface area (Å²) in [6.07, 6.45) is 2.92. The highest BCUT2D eigenvalue weighted by Crippen LogP contribution is 2.29. The summed E-state index contributed by atoms with van der Waals surface area (Å²) < 4.78 is 17.6. The lowest BCUT2D eigenvalue weighted by atomic mass is 10.1. The molecule has 3 rings (SSSR count). The zero-order chi connectivity index (χ0) is 33.7. The summed E-state index contributed by atoms with van der Waals surface area (Å²) in [5.41, 5.74) is 6.52. The quantitative estimate of drug-likeness (QED) is 0.150. The largest absolute Gasteiger partial charge is 0.493 e. The van der Waals surface area contributed by atoms with E-state index in [2.05, 4.69) is 10.3 Å². The maximum absolute atomic E-state index is 13.4. The highest BCUT2D eigenvalue weighted by Gasteiger charge is 2.26. The van der Waals surface area contributed by atoms with Gasteiger partial charge in [-0.15, -0.1) is 0 Å². The van der Waals surface area contributed by atoms with Crippen molar-refractivity contribution in [3.8, 4) is 5.75 Å². The predicted octanol–water partition coefficient (Wildman–Crippen LogP) is 4.91. The van der Waals surface area contributed by atoms with Crippen molar-refractivity contribution < 1.29 is 23.8 Å². The summed E-state index contributed by atoms with van der Waals surface area (Å²) in [6.45, 7) is 9.53. The van der Waals surface area contributed by atoms with E-state index < -0.39 is 29.1 Å². The zero-order valence-corrected chi connectivity index (χ0v) is 28.3. The molecular weight excluding hydrogens is 633 g/mol. The Labute approximate surface area is 279 Å². The van der Waals surface area contributed by atoms with Crippen LogP contribution in [0.2, 0.25) is 10.2 Å². The molecule has 0 aliphatic carbocycles. The first kappa shape index (κ1) is 36.8. The average molecular weight is 677 g/mol. The first-order valence-electron chi connectivity index (χ1n) is 15.2. The number of halogens is 2. The maximum Gasteiger partial charge on any atom is 0.328 e. The predicted molar refractivity (Wildman–Crippen MR) is 179 cm³/mol. The number of unbranched alkanes of at least 4 members (excludes halogenated alkanes) is 1. The first-order chi connectivity index (χ1) is 21.9. The Morgan fingerprint density at radius 1 is 1.09 bits per heavy atom. The highest BCUT2D eigenvalue weighted by atomic mass is 35.5. The molecule has 1 aromatic heterocycles. The summed E-state index contributed by atoms with van der Waals surface area (Å²) >= 11 is 12.4. The second-order valence-corrected chi connectivity index (χ2v) is 12.3. The molecule has 2 aromatic carbocycles. The second-order valence-electron chi connectivity index (χ2n) is 11.5. The molecule has 0 unspecified atom stereocenters. The number of hydrogen-bond donors (Lipinski definition) is 2. The molecule has 11 nitrogen and oxygen atoms in total. The van der Waals surface area contributed by atoms with Crippen LogP contribution < -0.4 is 26.2 Å². The molecule has 0 spiro atoms. The number of esters is 2. The van der Waals surface area contributed by atoms with Gasteiger partial charge < -0.3 is 30.2 Å². The summed E-state index contributed by atoms with van der Waals surface area (Å²) in [6, 6.07) is 13.7. The average Bonchev–Trinajstić information content (AvgIpc) is 3.00. The minimum absolute atomic E-state index is 0.0550. The van der Waals surface area contributed by atoms with Crippen LogP contribution in [0.5, 0.6) is 5.75 Å². The molecular formula is C33H43Cl2N5O6. The van der Waals surface area contributed by atoms with Crippen molar-refractivity contribution in [3.63, 3.8) is 0 Å². The Kier molecular flexibility index (Phi) is 14.3. The number of hydrogen-bond acceptors (Lipinski definition) is 10. The van der Waals surface area contributed by atoms with E-state index in [1.54, 1.807) is 45.9 Å². The molecule has 0 saturated heterocycles. The molecule has 0 amide bonds. The molecule has 0 fully saturated rings. The lowest BCUT2D eigenvalue weighted by Crippen LogP contribution is -2.38. The number of anilines is 1. The number of nitrogens with zero attached hydrogens (tertiary/aromatic N) is 3. The van der Waals surface area contributed by atoms with Crippen molar-refractivity contribution >= 4 is 41.0 Å². The molecule has 0 aliphatic heterocycles. The molecule has 3 N–H and O–H groups in total. The van der Waals surface area contributed by atoms with Crippen molar-refractivity contribution in [1.29, 1.82) is 0 Å². The van der Waals surface area contributed by atoms with Gasteiger partial charge in [-0.2, -0.15) is 0 Å². The van der Waals surface area contributed by atoms with Gasteiger partial charge in [0.1, 0.15) is 29.1 Å². The fraction of sp³-hybridized carbons (Fsp3) is 0.455. The number of benzene rings is 2. The van der Waals surface area contributed by atoms with Crippen LogP contribution in [0.15, 0.2) is 59.5 Å². The number of carbonyl (C=O) groups is 2. The Bertz CT molecular complexity index is 1500. The van der Waals surface area contributed by atoms with Gasteiger partial charge in [-0.25, -0.2) is 9.78 Å². The molecule has 0 saturated carbocycles. The van der Waals surface area contributed by atoms with Crippen LogP contribution in [-0.4, -0.2) is 59.9 Å². The van der Waals surface area contributed by atoms with Gasteiger partial charge in [0, 0.05) is 30.2 Å². The third kappa shape index (κ3) is 11.6. The van der Waals surface area contributed by atoms with E-state index in [4.69, 9.17) is 43.1 Å². The summed E-state index contributed by atoms with van der Waals surface area (Å²) in [5, 5.41) is 3.90. The fourth-order valence-electron chi connectivity index (χ4n) is 4.48. The molecule has 1 heterocycles. The SMILES string of the molecule is CCOC(=O)Cn1c(Cl)cnc(N(CCNCCCCOc2ccc(Cl)cc2[C@H](N)C(=O)OC(C)(C)C)Cc2ccccc2)c1=O. The van der Waals surface area contributed by atoms with Crippen LogP contribution >= 0.6 is 23.2 Å². The van der Waals surface area contributed by atoms with Gasteiger partial charge in [0.2, 0.25) is 0 Å². The Balaban J connectivity index is 1.55. The van der Waals surface area contributed by atoms with Gasteiger partial charge in [-0.3, -0.25) is 14.2 Å².